The van der Waals surface area contributed by atoms with Crippen LogP contribution in [0.25, 0.3) is 0 Å². The smallest absolute Gasteiger partial charge is 0.277 e. The molecule has 0 unspecified atom stereocenters. The minimum absolute atomic E-state index is 0.249. The Morgan fingerprint density at radius 3 is 2.50 bits per heavy atom. The van der Waals surface area contributed by atoms with Gasteiger partial charge in [-0.1, -0.05) is 6.42 Å². The van der Waals surface area contributed by atoms with Crippen molar-refractivity contribution in [2.24, 2.45) is 5.41 Å². The van der Waals surface area contributed by atoms with Crippen LogP contribution in [0.5, 0.6) is 0 Å². The van der Waals surface area contributed by atoms with Gasteiger partial charge in [0.05, 0.1) is 6.54 Å². The fourth-order valence-electron chi connectivity index (χ4n) is 2.73. The molecule has 2 heterocycles. The van der Waals surface area contributed by atoms with Crippen molar-refractivity contribution in [1.82, 2.24) is 10.2 Å². The molecule has 6 heteroatoms. The summed E-state index contributed by atoms with van der Waals surface area (Å²) in [4.78, 5) is 39.6. The Balaban J connectivity index is 1.86. The van der Waals surface area contributed by atoms with E-state index in [1.807, 2.05) is 19.9 Å². The van der Waals surface area contributed by atoms with E-state index in [4.69, 9.17) is 0 Å². The van der Waals surface area contributed by atoms with Crippen molar-refractivity contribution in [3.05, 3.63) is 21.4 Å². The second-order valence-corrected chi connectivity index (χ2v) is 6.88. The normalized spacial score (nSPS) is 21.1. The summed E-state index contributed by atoms with van der Waals surface area (Å²) in [6.45, 7) is 4.27. The van der Waals surface area contributed by atoms with Crippen LogP contribution in [0, 0.1) is 19.3 Å². The van der Waals surface area contributed by atoms with Crippen molar-refractivity contribution in [3.63, 3.8) is 0 Å². The van der Waals surface area contributed by atoms with Gasteiger partial charge in [-0.15, -0.1) is 11.3 Å². The second-order valence-electron chi connectivity index (χ2n) is 5.54. The molecule has 1 spiro atoms. The van der Waals surface area contributed by atoms with Gasteiger partial charge in [-0.25, -0.2) is 4.79 Å². The predicted octanol–water partition coefficient (Wildman–Crippen LogP) is 2.11. The second kappa shape index (κ2) is 4.41. The first-order valence-electron chi connectivity index (χ1n) is 6.67. The zero-order valence-corrected chi connectivity index (χ0v) is 12.3. The average molecular weight is 292 g/mol. The molecule has 1 saturated heterocycles. The molecule has 1 aliphatic carbocycles. The monoisotopic (exact) mass is 292 g/mol. The van der Waals surface area contributed by atoms with Crippen LogP contribution in [0.4, 0.5) is 4.79 Å². The molecule has 4 amide bonds. The molecule has 20 heavy (non-hydrogen) atoms. The maximum Gasteiger partial charge on any atom is 0.331 e. The first-order valence-corrected chi connectivity index (χ1v) is 7.49. The molecule has 5 nitrogen and oxygen atoms in total. The number of nitrogens with zero attached hydrogens (tertiary/aromatic N) is 1. The molecule has 0 atom stereocenters. The maximum atomic E-state index is 12.5. The molecule has 2 aliphatic rings. The summed E-state index contributed by atoms with van der Waals surface area (Å²) >= 11 is 1.58. The molecule has 0 aromatic carbocycles. The summed E-state index contributed by atoms with van der Waals surface area (Å²) in [6.07, 6.45) is 1.95. The summed E-state index contributed by atoms with van der Waals surface area (Å²) in [5, 5.41) is 2.33. The van der Waals surface area contributed by atoms with E-state index in [2.05, 4.69) is 5.32 Å². The van der Waals surface area contributed by atoms with Gasteiger partial charge in [0.2, 0.25) is 11.8 Å². The van der Waals surface area contributed by atoms with Gasteiger partial charge in [0.25, 0.3) is 0 Å². The van der Waals surface area contributed by atoms with E-state index in [1.54, 1.807) is 11.3 Å². The summed E-state index contributed by atoms with van der Waals surface area (Å²) < 4.78 is 0. The molecular weight excluding hydrogens is 276 g/mol. The Morgan fingerprint density at radius 1 is 1.30 bits per heavy atom. The number of nitrogens with one attached hydrogen (secondary N) is 1. The topological polar surface area (TPSA) is 66.5 Å². The van der Waals surface area contributed by atoms with Crippen LogP contribution in [-0.4, -0.2) is 22.7 Å². The van der Waals surface area contributed by atoms with E-state index in [-0.39, 0.29) is 12.5 Å². The quantitative estimate of drug-likeness (QED) is 0.849. The van der Waals surface area contributed by atoms with Crippen molar-refractivity contribution in [2.75, 3.05) is 0 Å². The number of aryl methyl sites for hydroxylation is 2. The Bertz CT molecular complexity index is 596. The number of hydrogen-bond donors (Lipinski definition) is 1. The lowest BCUT2D eigenvalue weighted by molar-refractivity contribution is -0.158. The molecule has 106 valence electrons. The van der Waals surface area contributed by atoms with Gasteiger partial charge in [-0.2, -0.15) is 0 Å². The SMILES string of the molecule is Cc1cc(CN2C(=O)NC(=O)C3(CCC3)C2=O)sc1C. The van der Waals surface area contributed by atoms with Crippen LogP contribution in [0.1, 0.15) is 34.6 Å². The zero-order chi connectivity index (χ0) is 14.5. The predicted molar refractivity (Wildman–Crippen MR) is 74.2 cm³/mol. The van der Waals surface area contributed by atoms with Crippen molar-refractivity contribution in [2.45, 2.75) is 39.7 Å². The highest BCUT2D eigenvalue weighted by molar-refractivity contribution is 7.12. The molecular formula is C14H16N2O3S. The highest BCUT2D eigenvalue weighted by Crippen LogP contribution is 2.44. The number of thiophene rings is 1. The third-order valence-corrected chi connectivity index (χ3v) is 5.43. The average Bonchev–Trinajstić information content (AvgIpc) is 2.62. The van der Waals surface area contributed by atoms with Gasteiger partial charge in [-0.05, 0) is 38.3 Å². The molecule has 2 fully saturated rings. The van der Waals surface area contributed by atoms with Crippen molar-refractivity contribution >= 4 is 29.2 Å². The molecule has 1 N–H and O–H groups in total. The Morgan fingerprint density at radius 2 is 2.00 bits per heavy atom. The fraction of sp³-hybridized carbons (Fsp3) is 0.500. The summed E-state index contributed by atoms with van der Waals surface area (Å²) in [6, 6.07) is 1.39. The highest BCUT2D eigenvalue weighted by Gasteiger charge is 2.57. The number of carbonyl (C=O) groups is 3. The number of carbonyl (C=O) groups excluding carboxylic acids is 3. The minimum atomic E-state index is -0.977. The minimum Gasteiger partial charge on any atom is -0.277 e. The van der Waals surface area contributed by atoms with Crippen LogP contribution in [0.15, 0.2) is 6.07 Å². The number of urea groups is 1. The third-order valence-electron chi connectivity index (χ3n) is 4.29. The van der Waals surface area contributed by atoms with Gasteiger partial charge in [0, 0.05) is 9.75 Å². The molecule has 1 aromatic rings. The van der Waals surface area contributed by atoms with Crippen molar-refractivity contribution in [3.8, 4) is 0 Å². The standard InChI is InChI=1S/C14H16N2O3S/c1-8-6-10(20-9(8)2)7-16-12(18)14(4-3-5-14)11(17)15-13(16)19/h6H,3-5,7H2,1-2H3,(H,15,17,19). The van der Waals surface area contributed by atoms with Gasteiger partial charge >= 0.3 is 6.03 Å². The van der Waals surface area contributed by atoms with Gasteiger partial charge in [0.15, 0.2) is 0 Å². The summed E-state index contributed by atoms with van der Waals surface area (Å²) in [5.74, 6) is -0.755. The molecule has 0 bridgehead atoms. The van der Waals surface area contributed by atoms with E-state index < -0.39 is 17.4 Å². The first-order chi connectivity index (χ1) is 9.44. The first kappa shape index (κ1) is 13.3. The van der Waals surface area contributed by atoms with Crippen LogP contribution >= 0.6 is 11.3 Å². The van der Waals surface area contributed by atoms with E-state index in [1.165, 1.54) is 9.78 Å². The molecule has 3 rings (SSSR count). The van der Waals surface area contributed by atoms with Crippen LogP contribution in [-0.2, 0) is 16.1 Å². The largest absolute Gasteiger partial charge is 0.331 e. The molecule has 1 aromatic heterocycles. The van der Waals surface area contributed by atoms with E-state index >= 15 is 0 Å². The number of barbiturate groups is 1. The zero-order valence-electron chi connectivity index (χ0n) is 11.5. The number of amides is 4. The Hall–Kier alpha value is -1.69. The lowest BCUT2D eigenvalue weighted by atomic mass is 9.66. The fourth-order valence-corrected chi connectivity index (χ4v) is 3.77. The van der Waals surface area contributed by atoms with E-state index in [0.717, 1.165) is 16.9 Å². The lowest BCUT2D eigenvalue weighted by Gasteiger charge is -2.44. The van der Waals surface area contributed by atoms with E-state index in [9.17, 15) is 14.4 Å². The molecule has 1 saturated carbocycles. The Labute approximate surface area is 121 Å². The number of rotatable bonds is 2. The maximum absolute atomic E-state index is 12.5. The number of hydrogen-bond acceptors (Lipinski definition) is 4. The lowest BCUT2D eigenvalue weighted by Crippen LogP contribution is -2.65. The van der Waals surface area contributed by atoms with Gasteiger partial charge in [-0.3, -0.25) is 19.8 Å². The highest BCUT2D eigenvalue weighted by atomic mass is 32.1. The Kier molecular flexibility index (Phi) is 2.93. The van der Waals surface area contributed by atoms with Crippen LogP contribution in [0.2, 0.25) is 0 Å². The van der Waals surface area contributed by atoms with Crippen LogP contribution < -0.4 is 5.32 Å². The molecule has 1 aliphatic heterocycles. The molecule has 0 radical (unpaired) electrons. The third kappa shape index (κ3) is 1.78. The van der Waals surface area contributed by atoms with Gasteiger partial charge < -0.3 is 0 Å². The summed E-state index contributed by atoms with van der Waals surface area (Å²) in [7, 11) is 0. The van der Waals surface area contributed by atoms with Crippen molar-refractivity contribution < 1.29 is 14.4 Å². The van der Waals surface area contributed by atoms with Crippen molar-refractivity contribution in [1.29, 1.82) is 0 Å². The number of imide groups is 2. The van der Waals surface area contributed by atoms with Gasteiger partial charge in [0.1, 0.15) is 5.41 Å². The van der Waals surface area contributed by atoms with E-state index in [0.29, 0.717) is 12.8 Å². The summed E-state index contributed by atoms with van der Waals surface area (Å²) in [5.41, 5.74) is 0.180. The van der Waals surface area contributed by atoms with Crippen LogP contribution in [0.3, 0.4) is 0 Å².